The summed E-state index contributed by atoms with van der Waals surface area (Å²) in [6, 6.07) is 14.0. The molecule has 0 radical (unpaired) electrons. The number of rotatable bonds is 7. The van der Waals surface area contributed by atoms with Gasteiger partial charge in [0.2, 0.25) is 5.75 Å². The zero-order valence-corrected chi connectivity index (χ0v) is 18.9. The lowest BCUT2D eigenvalue weighted by Crippen LogP contribution is -2.35. The summed E-state index contributed by atoms with van der Waals surface area (Å²) in [5, 5.41) is 21.9. The zero-order chi connectivity index (χ0) is 24.0. The molecule has 1 amide bonds. The molecule has 0 saturated heterocycles. The van der Waals surface area contributed by atoms with Crippen LogP contribution in [0.4, 0.5) is 10.5 Å². The summed E-state index contributed by atoms with van der Waals surface area (Å²) in [6.45, 7) is 7.25. The number of aromatic nitrogens is 2. The van der Waals surface area contributed by atoms with E-state index in [1.165, 1.54) is 24.5 Å². The highest BCUT2D eigenvalue weighted by molar-refractivity contribution is 6.60. The van der Waals surface area contributed by atoms with Crippen LogP contribution in [0.15, 0.2) is 54.9 Å². The molecule has 3 rings (SSSR count). The molecule has 3 N–H and O–H groups in total. The van der Waals surface area contributed by atoms with E-state index in [2.05, 4.69) is 15.3 Å². The van der Waals surface area contributed by atoms with Crippen molar-refractivity contribution in [3.63, 3.8) is 0 Å². The van der Waals surface area contributed by atoms with Gasteiger partial charge in [0.25, 0.3) is 5.88 Å². The van der Waals surface area contributed by atoms with Crippen LogP contribution in [0.1, 0.15) is 32.0 Å². The van der Waals surface area contributed by atoms with Gasteiger partial charge in [-0.15, -0.1) is 0 Å². The maximum atomic E-state index is 12.2. The Hall–Kier alpha value is -3.63. The maximum absolute atomic E-state index is 12.2. The fourth-order valence-corrected chi connectivity index (χ4v) is 2.87. The molecule has 0 spiro atoms. The Morgan fingerprint density at radius 2 is 1.82 bits per heavy atom. The number of carbonyl (C=O) groups excluding carboxylic acids is 1. The Labute approximate surface area is 192 Å². The van der Waals surface area contributed by atoms with Crippen LogP contribution in [0.3, 0.4) is 0 Å². The third-order valence-corrected chi connectivity index (χ3v) is 4.33. The Morgan fingerprint density at radius 3 is 2.48 bits per heavy atom. The van der Waals surface area contributed by atoms with E-state index in [-0.39, 0.29) is 22.8 Å². The largest absolute Gasteiger partial charge is 0.490 e. The van der Waals surface area contributed by atoms with E-state index in [1.807, 2.05) is 30.3 Å². The van der Waals surface area contributed by atoms with Crippen LogP contribution in [-0.2, 0) is 11.3 Å². The van der Waals surface area contributed by atoms with Crippen molar-refractivity contribution in [2.75, 3.05) is 5.32 Å². The number of nitrogens with zero attached hydrogens (tertiary/aromatic N) is 2. The summed E-state index contributed by atoms with van der Waals surface area (Å²) in [5.41, 5.74) is 1.03. The highest BCUT2D eigenvalue weighted by Gasteiger charge is 2.22. The lowest BCUT2D eigenvalue weighted by Gasteiger charge is -2.21. The van der Waals surface area contributed by atoms with Crippen LogP contribution >= 0.6 is 0 Å². The second kappa shape index (κ2) is 10.3. The van der Waals surface area contributed by atoms with Crippen molar-refractivity contribution in [2.45, 2.75) is 39.9 Å². The van der Waals surface area contributed by atoms with Crippen molar-refractivity contribution >= 4 is 24.4 Å². The molecule has 0 atom stereocenters. The standard InChI is InChI=1S/C23H26BN3O6/c1-15-20(31-13-16-8-6-5-7-9-16)21(26-14-25-15)32-17-10-11-18(24(29)30)19(12-17)27-22(28)33-23(2,3)4/h5-12,14,29-30H,13H2,1-4H3,(H,27,28). The molecular formula is C23H26BN3O6. The minimum Gasteiger partial charge on any atom is -0.482 e. The number of carbonyl (C=O) groups is 1. The number of ether oxygens (including phenoxy) is 3. The first-order valence-electron chi connectivity index (χ1n) is 10.3. The summed E-state index contributed by atoms with van der Waals surface area (Å²) >= 11 is 0. The number of nitrogens with one attached hydrogen (secondary N) is 1. The van der Waals surface area contributed by atoms with E-state index in [1.54, 1.807) is 27.7 Å². The van der Waals surface area contributed by atoms with Crippen LogP contribution in [0.2, 0.25) is 0 Å². The Balaban J connectivity index is 1.84. The summed E-state index contributed by atoms with van der Waals surface area (Å²) < 4.78 is 17.1. The number of hydrogen-bond acceptors (Lipinski definition) is 8. The van der Waals surface area contributed by atoms with Gasteiger partial charge >= 0.3 is 13.2 Å². The first kappa shape index (κ1) is 24.0. The first-order valence-corrected chi connectivity index (χ1v) is 10.3. The molecule has 0 aliphatic rings. The van der Waals surface area contributed by atoms with Gasteiger partial charge in [0.05, 0.1) is 5.69 Å². The minimum atomic E-state index is -1.81. The molecular weight excluding hydrogens is 425 g/mol. The lowest BCUT2D eigenvalue weighted by molar-refractivity contribution is 0.0636. The van der Waals surface area contributed by atoms with Gasteiger partial charge in [-0.2, -0.15) is 4.98 Å². The Morgan fingerprint density at radius 1 is 1.09 bits per heavy atom. The Bertz CT molecular complexity index is 1100. The molecule has 0 fully saturated rings. The summed E-state index contributed by atoms with van der Waals surface area (Å²) in [7, 11) is -1.81. The number of hydrogen-bond donors (Lipinski definition) is 3. The molecule has 0 aliphatic carbocycles. The van der Waals surface area contributed by atoms with E-state index in [9.17, 15) is 14.8 Å². The van der Waals surface area contributed by atoms with Gasteiger partial charge in [-0.3, -0.25) is 5.32 Å². The molecule has 33 heavy (non-hydrogen) atoms. The fraction of sp³-hybridized carbons (Fsp3) is 0.261. The summed E-state index contributed by atoms with van der Waals surface area (Å²) in [5.74, 6) is 0.835. The highest BCUT2D eigenvalue weighted by atomic mass is 16.6. The van der Waals surface area contributed by atoms with Crippen molar-refractivity contribution in [3.05, 3.63) is 66.1 Å². The van der Waals surface area contributed by atoms with Gasteiger partial charge in [-0.1, -0.05) is 36.4 Å². The normalized spacial score (nSPS) is 11.0. The number of amides is 1. The second-order valence-corrected chi connectivity index (χ2v) is 8.22. The summed E-state index contributed by atoms with van der Waals surface area (Å²) in [6.07, 6.45) is 0.609. The van der Waals surface area contributed by atoms with E-state index in [0.29, 0.717) is 18.1 Å². The number of anilines is 1. The van der Waals surface area contributed by atoms with Crippen molar-refractivity contribution in [1.29, 1.82) is 0 Å². The van der Waals surface area contributed by atoms with E-state index >= 15 is 0 Å². The monoisotopic (exact) mass is 451 g/mol. The van der Waals surface area contributed by atoms with Crippen molar-refractivity contribution in [1.82, 2.24) is 9.97 Å². The number of aryl methyl sites for hydroxylation is 1. The van der Waals surface area contributed by atoms with Crippen LogP contribution in [-0.4, -0.2) is 38.8 Å². The van der Waals surface area contributed by atoms with Gasteiger partial charge in [0, 0.05) is 17.2 Å². The van der Waals surface area contributed by atoms with E-state index in [0.717, 1.165) is 5.56 Å². The van der Waals surface area contributed by atoms with Gasteiger partial charge < -0.3 is 24.3 Å². The topological polar surface area (TPSA) is 123 Å². The minimum absolute atomic E-state index is 0.0765. The molecule has 0 unspecified atom stereocenters. The molecule has 3 aromatic rings. The average molecular weight is 451 g/mol. The van der Waals surface area contributed by atoms with Crippen molar-refractivity contribution in [2.24, 2.45) is 0 Å². The lowest BCUT2D eigenvalue weighted by atomic mass is 9.79. The van der Waals surface area contributed by atoms with Crippen LogP contribution in [0, 0.1) is 6.92 Å². The van der Waals surface area contributed by atoms with Crippen molar-refractivity contribution < 1.29 is 29.1 Å². The predicted octanol–water partition coefficient (Wildman–Crippen LogP) is 3.18. The quantitative estimate of drug-likeness (QED) is 0.468. The number of benzene rings is 2. The van der Waals surface area contributed by atoms with Gasteiger partial charge in [0.15, 0.2) is 0 Å². The SMILES string of the molecule is Cc1ncnc(Oc2ccc(B(O)O)c(NC(=O)OC(C)(C)C)c2)c1OCc1ccccc1. The molecule has 1 aromatic heterocycles. The molecule has 172 valence electrons. The molecule has 0 saturated carbocycles. The summed E-state index contributed by atoms with van der Waals surface area (Å²) in [4.78, 5) is 20.6. The Kier molecular flexibility index (Phi) is 7.52. The molecule has 2 aromatic carbocycles. The van der Waals surface area contributed by atoms with Gasteiger partial charge in [-0.05, 0) is 39.3 Å². The third kappa shape index (κ3) is 6.93. The van der Waals surface area contributed by atoms with Gasteiger partial charge in [-0.25, -0.2) is 9.78 Å². The van der Waals surface area contributed by atoms with Gasteiger partial charge in [0.1, 0.15) is 24.3 Å². The van der Waals surface area contributed by atoms with Crippen LogP contribution in [0.25, 0.3) is 0 Å². The van der Waals surface area contributed by atoms with Crippen molar-refractivity contribution in [3.8, 4) is 17.4 Å². The van der Waals surface area contributed by atoms with E-state index in [4.69, 9.17) is 14.2 Å². The van der Waals surface area contributed by atoms with Crippen LogP contribution in [0.5, 0.6) is 17.4 Å². The third-order valence-electron chi connectivity index (χ3n) is 4.33. The zero-order valence-electron chi connectivity index (χ0n) is 18.9. The predicted molar refractivity (Wildman–Crippen MR) is 124 cm³/mol. The second-order valence-electron chi connectivity index (χ2n) is 8.22. The fourth-order valence-electron chi connectivity index (χ4n) is 2.87. The maximum Gasteiger partial charge on any atom is 0.490 e. The average Bonchev–Trinajstić information content (AvgIpc) is 2.72. The molecule has 1 heterocycles. The smallest absolute Gasteiger partial charge is 0.482 e. The molecule has 9 nitrogen and oxygen atoms in total. The molecule has 0 bridgehead atoms. The molecule has 0 aliphatic heterocycles. The highest BCUT2D eigenvalue weighted by Crippen LogP contribution is 2.32. The molecule has 10 heteroatoms. The first-order chi connectivity index (χ1) is 15.6. The van der Waals surface area contributed by atoms with Crippen LogP contribution < -0.4 is 20.3 Å². The van der Waals surface area contributed by atoms with E-state index < -0.39 is 18.8 Å².